The summed E-state index contributed by atoms with van der Waals surface area (Å²) in [6, 6.07) is 12.4. The van der Waals surface area contributed by atoms with Crippen molar-refractivity contribution in [2.24, 2.45) is 0 Å². The topological polar surface area (TPSA) is 69.3 Å². The second-order valence-electron chi connectivity index (χ2n) is 5.03. The summed E-state index contributed by atoms with van der Waals surface area (Å²) in [5, 5.41) is 7.84. The normalized spacial score (nSPS) is 10.8. The zero-order valence-electron chi connectivity index (χ0n) is 13.0. The van der Waals surface area contributed by atoms with Crippen molar-refractivity contribution in [3.05, 3.63) is 59.4 Å². The number of benzene rings is 1. The number of ether oxygens (including phenoxy) is 1. The van der Waals surface area contributed by atoms with Gasteiger partial charge in [0.2, 0.25) is 0 Å². The van der Waals surface area contributed by atoms with Crippen LogP contribution in [-0.2, 0) is 4.74 Å². The Morgan fingerprint density at radius 1 is 1.33 bits per heavy atom. The number of nitrogens with one attached hydrogen (secondary N) is 1. The van der Waals surface area contributed by atoms with Crippen LogP contribution in [0.15, 0.2) is 53.1 Å². The minimum Gasteiger partial charge on any atom is -0.463 e. The van der Waals surface area contributed by atoms with E-state index in [1.807, 2.05) is 6.07 Å². The summed E-state index contributed by atoms with van der Waals surface area (Å²) in [6.45, 7) is 0.841. The summed E-state index contributed by atoms with van der Waals surface area (Å²) in [7, 11) is 1.58. The van der Waals surface area contributed by atoms with Crippen LogP contribution in [0.5, 0.6) is 0 Å². The Morgan fingerprint density at radius 2 is 2.21 bits per heavy atom. The van der Waals surface area contributed by atoms with Gasteiger partial charge in [0.25, 0.3) is 5.91 Å². The third kappa shape index (κ3) is 3.50. The molecule has 0 saturated carbocycles. The number of carbonyl (C=O) groups excluding carboxylic acids is 1. The summed E-state index contributed by atoms with van der Waals surface area (Å²) in [4.78, 5) is 12.5. The largest absolute Gasteiger partial charge is 0.463 e. The quantitative estimate of drug-likeness (QED) is 0.697. The molecule has 0 saturated heterocycles. The molecule has 2 aromatic heterocycles. The molecule has 0 aliphatic carbocycles. The average Bonchev–Trinajstić information content (AvgIpc) is 3.24. The summed E-state index contributed by atoms with van der Waals surface area (Å²) in [6.07, 6.45) is 1.56. The van der Waals surface area contributed by atoms with E-state index in [1.54, 1.807) is 54.5 Å². The summed E-state index contributed by atoms with van der Waals surface area (Å²) in [5.74, 6) is 0.332. The van der Waals surface area contributed by atoms with Crippen LogP contribution in [0.1, 0.15) is 10.5 Å². The van der Waals surface area contributed by atoms with Gasteiger partial charge in [-0.25, -0.2) is 4.68 Å². The van der Waals surface area contributed by atoms with Crippen LogP contribution >= 0.6 is 11.6 Å². The van der Waals surface area contributed by atoms with Gasteiger partial charge in [0.1, 0.15) is 11.4 Å². The Balaban J connectivity index is 2.00. The minimum atomic E-state index is -0.252. The van der Waals surface area contributed by atoms with E-state index in [-0.39, 0.29) is 5.91 Å². The van der Waals surface area contributed by atoms with E-state index < -0.39 is 0 Å². The van der Waals surface area contributed by atoms with Crippen molar-refractivity contribution < 1.29 is 13.9 Å². The third-order valence-electron chi connectivity index (χ3n) is 3.36. The standard InChI is InChI=1S/C17H16ClN3O3/c1-23-9-7-19-17(22)15-11-14(16-6-3-8-24-16)20-21(15)13-5-2-4-12(18)10-13/h2-6,8,10-11H,7,9H2,1H3,(H,19,22). The number of amides is 1. The van der Waals surface area contributed by atoms with Crippen LogP contribution in [0.2, 0.25) is 5.02 Å². The first kappa shape index (κ1) is 16.3. The van der Waals surface area contributed by atoms with Gasteiger partial charge in [-0.15, -0.1) is 0 Å². The van der Waals surface area contributed by atoms with E-state index in [1.165, 1.54) is 0 Å². The molecule has 1 amide bonds. The second kappa shape index (κ2) is 7.33. The molecular weight excluding hydrogens is 330 g/mol. The number of halogens is 1. The van der Waals surface area contributed by atoms with Crippen molar-refractivity contribution in [3.8, 4) is 17.1 Å². The average molecular weight is 346 g/mol. The lowest BCUT2D eigenvalue weighted by molar-refractivity contribution is 0.0929. The number of hydrogen-bond donors (Lipinski definition) is 1. The molecule has 0 aliphatic heterocycles. The summed E-state index contributed by atoms with van der Waals surface area (Å²) < 4.78 is 11.9. The van der Waals surface area contributed by atoms with Gasteiger partial charge in [-0.2, -0.15) is 5.10 Å². The fourth-order valence-corrected chi connectivity index (χ4v) is 2.43. The molecular formula is C17H16ClN3O3. The molecule has 1 N–H and O–H groups in total. The summed E-state index contributed by atoms with van der Waals surface area (Å²) in [5.41, 5.74) is 1.65. The molecule has 2 heterocycles. The van der Waals surface area contributed by atoms with Crippen molar-refractivity contribution >= 4 is 17.5 Å². The summed E-state index contributed by atoms with van der Waals surface area (Å²) >= 11 is 6.06. The van der Waals surface area contributed by atoms with Gasteiger partial charge >= 0.3 is 0 Å². The van der Waals surface area contributed by atoms with Crippen LogP contribution in [0.4, 0.5) is 0 Å². The fraction of sp³-hybridized carbons (Fsp3) is 0.176. The smallest absolute Gasteiger partial charge is 0.270 e. The number of methoxy groups -OCH3 is 1. The van der Waals surface area contributed by atoms with Gasteiger partial charge < -0.3 is 14.5 Å². The first-order chi connectivity index (χ1) is 11.7. The predicted octanol–water partition coefficient (Wildman–Crippen LogP) is 3.16. The van der Waals surface area contributed by atoms with E-state index in [0.717, 1.165) is 0 Å². The molecule has 124 valence electrons. The van der Waals surface area contributed by atoms with Crippen LogP contribution < -0.4 is 5.32 Å². The maximum atomic E-state index is 12.5. The van der Waals surface area contributed by atoms with Gasteiger partial charge in [-0.1, -0.05) is 17.7 Å². The van der Waals surface area contributed by atoms with E-state index in [2.05, 4.69) is 10.4 Å². The Labute approximate surface area is 144 Å². The minimum absolute atomic E-state index is 0.252. The van der Waals surface area contributed by atoms with E-state index in [4.69, 9.17) is 20.8 Å². The lowest BCUT2D eigenvalue weighted by Crippen LogP contribution is -2.28. The molecule has 24 heavy (non-hydrogen) atoms. The van der Waals surface area contributed by atoms with Gasteiger partial charge in [0, 0.05) is 24.7 Å². The molecule has 3 rings (SSSR count). The van der Waals surface area contributed by atoms with Gasteiger partial charge in [0.05, 0.1) is 18.6 Å². The number of hydrogen-bond acceptors (Lipinski definition) is 4. The number of rotatable bonds is 6. The Hall–Kier alpha value is -2.57. The van der Waals surface area contributed by atoms with E-state index in [9.17, 15) is 4.79 Å². The lowest BCUT2D eigenvalue weighted by atomic mass is 10.2. The zero-order valence-corrected chi connectivity index (χ0v) is 13.8. The van der Waals surface area contributed by atoms with Crippen molar-refractivity contribution in [3.63, 3.8) is 0 Å². The highest BCUT2D eigenvalue weighted by atomic mass is 35.5. The molecule has 0 atom stereocenters. The lowest BCUT2D eigenvalue weighted by Gasteiger charge is -2.08. The highest BCUT2D eigenvalue weighted by molar-refractivity contribution is 6.30. The van der Waals surface area contributed by atoms with Crippen molar-refractivity contribution in [1.82, 2.24) is 15.1 Å². The second-order valence-corrected chi connectivity index (χ2v) is 5.47. The van der Waals surface area contributed by atoms with Crippen molar-refractivity contribution in [2.45, 2.75) is 0 Å². The third-order valence-corrected chi connectivity index (χ3v) is 3.60. The molecule has 6 nitrogen and oxygen atoms in total. The first-order valence-corrected chi connectivity index (χ1v) is 7.74. The first-order valence-electron chi connectivity index (χ1n) is 7.36. The Kier molecular flexibility index (Phi) is 4.98. The number of aromatic nitrogens is 2. The maximum Gasteiger partial charge on any atom is 0.270 e. The van der Waals surface area contributed by atoms with Crippen molar-refractivity contribution in [1.29, 1.82) is 0 Å². The number of carbonyl (C=O) groups is 1. The highest BCUT2D eigenvalue weighted by Gasteiger charge is 2.18. The molecule has 0 spiro atoms. The SMILES string of the molecule is COCCNC(=O)c1cc(-c2ccco2)nn1-c1cccc(Cl)c1. The van der Waals surface area contributed by atoms with Crippen LogP contribution in [0.25, 0.3) is 17.1 Å². The molecule has 3 aromatic rings. The molecule has 7 heteroatoms. The molecule has 0 bridgehead atoms. The Bertz CT molecular complexity index is 827. The highest BCUT2D eigenvalue weighted by Crippen LogP contribution is 2.23. The fourth-order valence-electron chi connectivity index (χ4n) is 2.25. The van der Waals surface area contributed by atoms with Crippen LogP contribution in [-0.4, -0.2) is 35.9 Å². The molecule has 1 aromatic carbocycles. The van der Waals surface area contributed by atoms with Crippen molar-refractivity contribution in [2.75, 3.05) is 20.3 Å². The number of nitrogens with zero attached hydrogens (tertiary/aromatic N) is 2. The van der Waals surface area contributed by atoms with Gasteiger partial charge in [-0.3, -0.25) is 4.79 Å². The van der Waals surface area contributed by atoms with Gasteiger partial charge in [0.15, 0.2) is 5.76 Å². The number of furan rings is 1. The maximum absolute atomic E-state index is 12.5. The van der Waals surface area contributed by atoms with Gasteiger partial charge in [-0.05, 0) is 30.3 Å². The van der Waals surface area contributed by atoms with E-state index in [0.29, 0.717) is 41.0 Å². The monoisotopic (exact) mass is 345 g/mol. The van der Waals surface area contributed by atoms with Crippen LogP contribution in [0, 0.1) is 0 Å². The zero-order chi connectivity index (χ0) is 16.9. The molecule has 0 radical (unpaired) electrons. The Morgan fingerprint density at radius 3 is 2.92 bits per heavy atom. The van der Waals surface area contributed by atoms with E-state index >= 15 is 0 Å². The molecule has 0 fully saturated rings. The molecule has 0 unspecified atom stereocenters. The predicted molar refractivity (Wildman–Crippen MR) is 90.5 cm³/mol. The van der Waals surface area contributed by atoms with Crippen LogP contribution in [0.3, 0.4) is 0 Å². The molecule has 0 aliphatic rings.